The summed E-state index contributed by atoms with van der Waals surface area (Å²) in [5.74, 6) is -1.96. The highest BCUT2D eigenvalue weighted by Gasteiger charge is 2.34. The first-order chi connectivity index (χ1) is 12.8. The number of likely N-dealkylation sites (N-methyl/N-ethyl adjacent to an activating group) is 1. The van der Waals surface area contributed by atoms with Gasteiger partial charge in [0.05, 0.1) is 13.7 Å². The van der Waals surface area contributed by atoms with Crippen LogP contribution in [0, 0.1) is 5.82 Å². The van der Waals surface area contributed by atoms with Crippen molar-refractivity contribution in [3.05, 3.63) is 29.6 Å². The number of carboxylic acid groups (broad SMARTS) is 1. The van der Waals surface area contributed by atoms with Gasteiger partial charge in [0.25, 0.3) is 0 Å². The minimum Gasteiger partial charge on any atom is -0.494 e. The van der Waals surface area contributed by atoms with E-state index in [9.17, 15) is 18.8 Å². The average Bonchev–Trinajstić information content (AvgIpc) is 2.60. The highest BCUT2D eigenvalue weighted by Crippen LogP contribution is 2.25. The van der Waals surface area contributed by atoms with Crippen LogP contribution in [0.4, 0.5) is 4.39 Å². The highest BCUT2D eigenvalue weighted by atomic mass is 19.1. The van der Waals surface area contributed by atoms with Gasteiger partial charge in [-0.25, -0.2) is 4.39 Å². The molecular weight excluding hydrogens is 355 g/mol. The molecule has 0 aliphatic heterocycles. The van der Waals surface area contributed by atoms with Crippen molar-refractivity contribution in [1.82, 2.24) is 10.2 Å². The third-order valence-corrected chi connectivity index (χ3v) is 4.79. The summed E-state index contributed by atoms with van der Waals surface area (Å²) in [6.07, 6.45) is 1.42. The first kappa shape index (κ1) is 20.8. The monoisotopic (exact) mass is 380 g/mol. The van der Waals surface area contributed by atoms with Crippen LogP contribution in [0.1, 0.15) is 43.0 Å². The molecule has 2 rings (SSSR count). The molecule has 27 heavy (non-hydrogen) atoms. The van der Waals surface area contributed by atoms with Gasteiger partial charge in [-0.05, 0) is 37.6 Å². The van der Waals surface area contributed by atoms with Crippen molar-refractivity contribution in [2.45, 2.75) is 44.7 Å². The maximum absolute atomic E-state index is 13.6. The van der Waals surface area contributed by atoms with Crippen LogP contribution in [0.25, 0.3) is 0 Å². The Hall–Kier alpha value is -2.48. The van der Waals surface area contributed by atoms with E-state index >= 15 is 0 Å². The summed E-state index contributed by atoms with van der Waals surface area (Å²) in [5.41, 5.74) is 0.206. The Morgan fingerprint density at radius 1 is 1.30 bits per heavy atom. The van der Waals surface area contributed by atoms with Crippen LogP contribution in [0.2, 0.25) is 0 Å². The molecule has 7 nitrogen and oxygen atoms in total. The van der Waals surface area contributed by atoms with E-state index in [1.807, 2.05) is 11.8 Å². The SMILES string of the molecule is CCN(CC(=O)O)C1CC(NC(=O)CCC(=O)c2ccc(OC)c(F)c2)C1. The normalized spacial score (nSPS) is 18.7. The molecule has 0 atom stereocenters. The lowest BCUT2D eigenvalue weighted by Gasteiger charge is -2.42. The van der Waals surface area contributed by atoms with Crippen LogP contribution in [-0.4, -0.2) is 59.9 Å². The molecule has 1 saturated carbocycles. The molecule has 1 aromatic carbocycles. The number of aliphatic carboxylic acids is 1. The van der Waals surface area contributed by atoms with E-state index in [2.05, 4.69) is 5.32 Å². The molecule has 1 fully saturated rings. The molecule has 1 aliphatic rings. The Balaban J connectivity index is 1.73. The summed E-state index contributed by atoms with van der Waals surface area (Å²) in [6, 6.07) is 4.12. The molecule has 0 unspecified atom stereocenters. The summed E-state index contributed by atoms with van der Waals surface area (Å²) in [6.45, 7) is 2.54. The number of ether oxygens (including phenoxy) is 1. The predicted octanol–water partition coefficient (Wildman–Crippen LogP) is 1.85. The number of carbonyl (C=O) groups excluding carboxylic acids is 2. The quantitative estimate of drug-likeness (QED) is 0.602. The number of carbonyl (C=O) groups is 3. The van der Waals surface area contributed by atoms with Crippen LogP contribution in [0.15, 0.2) is 18.2 Å². The topological polar surface area (TPSA) is 95.9 Å². The molecule has 0 saturated heterocycles. The summed E-state index contributed by atoms with van der Waals surface area (Å²) in [7, 11) is 1.34. The molecule has 0 bridgehead atoms. The number of hydrogen-bond acceptors (Lipinski definition) is 5. The van der Waals surface area contributed by atoms with Crippen molar-refractivity contribution in [3.63, 3.8) is 0 Å². The smallest absolute Gasteiger partial charge is 0.317 e. The number of methoxy groups -OCH3 is 1. The number of ketones is 1. The van der Waals surface area contributed by atoms with E-state index < -0.39 is 11.8 Å². The number of halogens is 1. The fraction of sp³-hybridized carbons (Fsp3) is 0.526. The summed E-state index contributed by atoms with van der Waals surface area (Å²) in [4.78, 5) is 36.8. The number of rotatable bonds is 10. The van der Waals surface area contributed by atoms with Gasteiger partial charge >= 0.3 is 5.97 Å². The molecule has 2 N–H and O–H groups in total. The lowest BCUT2D eigenvalue weighted by Crippen LogP contribution is -2.54. The lowest BCUT2D eigenvalue weighted by molar-refractivity contribution is -0.139. The van der Waals surface area contributed by atoms with Gasteiger partial charge in [-0.1, -0.05) is 6.92 Å². The Morgan fingerprint density at radius 2 is 2.00 bits per heavy atom. The number of nitrogens with one attached hydrogen (secondary N) is 1. The lowest BCUT2D eigenvalue weighted by atomic mass is 9.85. The van der Waals surface area contributed by atoms with Crippen molar-refractivity contribution in [2.75, 3.05) is 20.2 Å². The third kappa shape index (κ3) is 5.75. The second kappa shape index (κ2) is 9.45. The Bertz CT molecular complexity index is 703. The maximum Gasteiger partial charge on any atom is 0.317 e. The zero-order valence-electron chi connectivity index (χ0n) is 15.5. The number of amides is 1. The van der Waals surface area contributed by atoms with E-state index in [1.54, 1.807) is 0 Å². The maximum atomic E-state index is 13.6. The van der Waals surface area contributed by atoms with Gasteiger partial charge in [0, 0.05) is 30.5 Å². The molecule has 1 amide bonds. The van der Waals surface area contributed by atoms with Gasteiger partial charge in [0.15, 0.2) is 17.3 Å². The molecule has 0 heterocycles. The molecule has 8 heteroatoms. The van der Waals surface area contributed by atoms with E-state index in [0.29, 0.717) is 19.4 Å². The van der Waals surface area contributed by atoms with Gasteiger partial charge in [0.2, 0.25) is 5.91 Å². The average molecular weight is 380 g/mol. The van der Waals surface area contributed by atoms with Gasteiger partial charge in [-0.2, -0.15) is 0 Å². The second-order valence-electron chi connectivity index (χ2n) is 6.62. The van der Waals surface area contributed by atoms with Crippen LogP contribution >= 0.6 is 0 Å². The van der Waals surface area contributed by atoms with E-state index in [0.717, 1.165) is 6.07 Å². The Morgan fingerprint density at radius 3 is 2.56 bits per heavy atom. The number of Topliss-reactive ketones (excluding diaryl/α,β-unsaturated/α-hetero) is 1. The number of hydrogen-bond donors (Lipinski definition) is 2. The van der Waals surface area contributed by atoms with Crippen molar-refractivity contribution in [1.29, 1.82) is 0 Å². The zero-order chi connectivity index (χ0) is 20.0. The third-order valence-electron chi connectivity index (χ3n) is 4.79. The largest absolute Gasteiger partial charge is 0.494 e. The molecular formula is C19H25FN2O5. The van der Waals surface area contributed by atoms with Crippen molar-refractivity contribution < 1.29 is 28.6 Å². The first-order valence-electron chi connectivity index (χ1n) is 8.96. The molecule has 0 spiro atoms. The summed E-state index contributed by atoms with van der Waals surface area (Å²) in [5, 5.41) is 11.7. The molecule has 0 radical (unpaired) electrons. The fourth-order valence-electron chi connectivity index (χ4n) is 3.19. The highest BCUT2D eigenvalue weighted by molar-refractivity contribution is 5.98. The zero-order valence-corrected chi connectivity index (χ0v) is 15.5. The van der Waals surface area contributed by atoms with Crippen molar-refractivity contribution >= 4 is 17.7 Å². The fourth-order valence-corrected chi connectivity index (χ4v) is 3.19. The van der Waals surface area contributed by atoms with Gasteiger partial charge < -0.3 is 15.2 Å². The number of benzene rings is 1. The standard InChI is InChI=1S/C19H25FN2O5/c1-3-22(11-19(25)26)14-9-13(10-14)21-18(24)7-5-16(23)12-4-6-17(27-2)15(20)8-12/h4,6,8,13-14H,3,5,7,9-11H2,1-2H3,(H,21,24)(H,25,26). The predicted molar refractivity (Wildman–Crippen MR) is 96.4 cm³/mol. The van der Waals surface area contributed by atoms with Crippen molar-refractivity contribution in [2.24, 2.45) is 0 Å². The van der Waals surface area contributed by atoms with Gasteiger partial charge in [-0.15, -0.1) is 0 Å². The molecule has 1 aliphatic carbocycles. The van der Waals surface area contributed by atoms with Crippen LogP contribution in [-0.2, 0) is 9.59 Å². The van der Waals surface area contributed by atoms with Crippen LogP contribution in [0.5, 0.6) is 5.75 Å². The second-order valence-corrected chi connectivity index (χ2v) is 6.62. The van der Waals surface area contributed by atoms with E-state index in [-0.39, 0.29) is 54.5 Å². The summed E-state index contributed by atoms with van der Waals surface area (Å²) < 4.78 is 18.5. The Labute approximate surface area is 157 Å². The number of carboxylic acids is 1. The Kier molecular flexibility index (Phi) is 7.29. The minimum absolute atomic E-state index is 0.00104. The number of nitrogens with zero attached hydrogens (tertiary/aromatic N) is 1. The minimum atomic E-state index is -0.863. The summed E-state index contributed by atoms with van der Waals surface area (Å²) >= 11 is 0. The van der Waals surface area contributed by atoms with E-state index in [1.165, 1.54) is 19.2 Å². The molecule has 148 valence electrons. The van der Waals surface area contributed by atoms with E-state index in [4.69, 9.17) is 9.84 Å². The van der Waals surface area contributed by atoms with Gasteiger partial charge in [0.1, 0.15) is 0 Å². The first-order valence-corrected chi connectivity index (χ1v) is 8.96. The molecule has 1 aromatic rings. The van der Waals surface area contributed by atoms with Crippen molar-refractivity contribution in [3.8, 4) is 5.75 Å². The van der Waals surface area contributed by atoms with Crippen LogP contribution in [0.3, 0.4) is 0 Å². The molecule has 0 aromatic heterocycles. The van der Waals surface area contributed by atoms with Crippen LogP contribution < -0.4 is 10.1 Å². The van der Waals surface area contributed by atoms with Gasteiger partial charge in [-0.3, -0.25) is 19.3 Å².